The van der Waals surface area contributed by atoms with E-state index in [2.05, 4.69) is 0 Å². The van der Waals surface area contributed by atoms with Gasteiger partial charge in [-0.3, -0.25) is 10.1 Å². The Labute approximate surface area is 127 Å². The number of nitrogens with zero attached hydrogens (tertiary/aromatic N) is 2. The molecule has 1 unspecified atom stereocenters. The number of sulfonamides is 1. The zero-order valence-corrected chi connectivity index (χ0v) is 12.8. The highest BCUT2D eigenvalue weighted by Crippen LogP contribution is 2.30. The topological polar surface area (TPSA) is 107 Å². The summed E-state index contributed by atoms with van der Waals surface area (Å²) in [6.45, 7) is 0.330. The molecule has 21 heavy (non-hydrogen) atoms. The van der Waals surface area contributed by atoms with Gasteiger partial charge in [-0.2, -0.15) is 4.31 Å². The maximum atomic E-state index is 12.6. The third kappa shape index (κ3) is 3.34. The van der Waals surface area contributed by atoms with E-state index in [1.807, 2.05) is 0 Å². The number of nitro benzene ring substituents is 1. The molecular formula is C12H16ClN3O4S. The maximum absolute atomic E-state index is 12.6. The summed E-state index contributed by atoms with van der Waals surface area (Å²) in [6, 6.07) is 3.33. The van der Waals surface area contributed by atoms with E-state index < -0.39 is 21.1 Å². The molecule has 0 saturated carbocycles. The SMILES string of the molecule is NC1CCCCCN1S(=O)(=O)c1ccc([N+](=O)[O-])cc1Cl. The molecule has 1 aromatic carbocycles. The van der Waals surface area contributed by atoms with Crippen molar-refractivity contribution in [3.63, 3.8) is 0 Å². The first-order valence-electron chi connectivity index (χ1n) is 6.55. The Kier molecular flexibility index (Phi) is 4.82. The predicted octanol–water partition coefficient (Wildman–Crippen LogP) is 2.10. The third-order valence-electron chi connectivity index (χ3n) is 3.46. The van der Waals surface area contributed by atoms with Gasteiger partial charge in [0.05, 0.1) is 16.1 Å². The smallest absolute Gasteiger partial charge is 0.271 e. The van der Waals surface area contributed by atoms with Crippen LogP contribution >= 0.6 is 11.6 Å². The van der Waals surface area contributed by atoms with Crippen LogP contribution in [0.2, 0.25) is 5.02 Å². The van der Waals surface area contributed by atoms with Gasteiger partial charge in [-0.1, -0.05) is 24.4 Å². The average molecular weight is 334 g/mol. The number of rotatable bonds is 3. The van der Waals surface area contributed by atoms with Crippen molar-refractivity contribution in [2.24, 2.45) is 5.73 Å². The summed E-state index contributed by atoms with van der Waals surface area (Å²) < 4.78 is 26.5. The minimum Gasteiger partial charge on any atom is -0.315 e. The lowest BCUT2D eigenvalue weighted by Gasteiger charge is -2.26. The highest BCUT2D eigenvalue weighted by atomic mass is 35.5. The van der Waals surface area contributed by atoms with Gasteiger partial charge >= 0.3 is 0 Å². The molecule has 0 amide bonds. The molecule has 7 nitrogen and oxygen atoms in total. The molecule has 2 N–H and O–H groups in total. The molecule has 1 fully saturated rings. The Bertz CT molecular complexity index is 650. The standard InChI is InChI=1S/C12H16ClN3O4S/c13-10-8-9(16(17)18)5-6-11(10)21(19,20)15-7-3-1-2-4-12(15)14/h5-6,8,12H,1-4,7,14H2. The van der Waals surface area contributed by atoms with E-state index in [9.17, 15) is 18.5 Å². The van der Waals surface area contributed by atoms with Gasteiger partial charge in [0, 0.05) is 18.7 Å². The van der Waals surface area contributed by atoms with E-state index in [0.29, 0.717) is 13.0 Å². The van der Waals surface area contributed by atoms with Crippen LogP contribution in [0.4, 0.5) is 5.69 Å². The van der Waals surface area contributed by atoms with E-state index in [1.165, 1.54) is 4.31 Å². The van der Waals surface area contributed by atoms with Crippen LogP contribution in [0.15, 0.2) is 23.1 Å². The molecule has 1 saturated heterocycles. The summed E-state index contributed by atoms with van der Waals surface area (Å²) in [5.41, 5.74) is 5.68. The van der Waals surface area contributed by atoms with Crippen LogP contribution < -0.4 is 5.73 Å². The number of nitrogens with two attached hydrogens (primary N) is 1. The van der Waals surface area contributed by atoms with Crippen LogP contribution in [0.1, 0.15) is 25.7 Å². The number of hydrogen-bond acceptors (Lipinski definition) is 5. The minimum atomic E-state index is -3.85. The molecule has 1 aromatic rings. The Morgan fingerprint density at radius 2 is 2.05 bits per heavy atom. The normalized spacial score (nSPS) is 21.0. The van der Waals surface area contributed by atoms with Crippen LogP contribution in [0.3, 0.4) is 0 Å². The van der Waals surface area contributed by atoms with Crippen molar-refractivity contribution < 1.29 is 13.3 Å². The Hall–Kier alpha value is -1.22. The van der Waals surface area contributed by atoms with Crippen LogP contribution in [0.5, 0.6) is 0 Å². The maximum Gasteiger partial charge on any atom is 0.271 e. The number of benzene rings is 1. The largest absolute Gasteiger partial charge is 0.315 e. The molecule has 1 aliphatic heterocycles. The highest BCUT2D eigenvalue weighted by Gasteiger charge is 2.32. The summed E-state index contributed by atoms with van der Waals surface area (Å²) >= 11 is 5.91. The first kappa shape index (κ1) is 16.2. The molecule has 0 radical (unpaired) electrons. The van der Waals surface area contributed by atoms with Gasteiger partial charge in [-0.25, -0.2) is 8.42 Å². The van der Waals surface area contributed by atoms with Gasteiger partial charge < -0.3 is 5.73 Å². The van der Waals surface area contributed by atoms with Crippen LogP contribution in [0, 0.1) is 10.1 Å². The van der Waals surface area contributed by atoms with Crippen LogP contribution in [0.25, 0.3) is 0 Å². The molecule has 0 aromatic heterocycles. The average Bonchev–Trinajstić information content (AvgIpc) is 2.63. The lowest BCUT2D eigenvalue weighted by molar-refractivity contribution is -0.384. The second-order valence-electron chi connectivity index (χ2n) is 4.90. The summed E-state index contributed by atoms with van der Waals surface area (Å²) in [6.07, 6.45) is 2.53. The fourth-order valence-corrected chi connectivity index (χ4v) is 4.44. The lowest BCUT2D eigenvalue weighted by atomic mass is 10.2. The molecule has 0 bridgehead atoms. The number of hydrogen-bond donors (Lipinski definition) is 1. The van der Waals surface area contributed by atoms with Gasteiger partial charge in [-0.15, -0.1) is 0 Å². The number of nitro groups is 1. The minimum absolute atomic E-state index is 0.146. The molecule has 116 valence electrons. The molecule has 1 aliphatic rings. The van der Waals surface area contributed by atoms with Crippen molar-refractivity contribution in [2.45, 2.75) is 36.7 Å². The summed E-state index contributed by atoms with van der Waals surface area (Å²) in [5.74, 6) is 0. The first-order chi connectivity index (χ1) is 9.84. The number of non-ortho nitro benzene ring substituents is 1. The second kappa shape index (κ2) is 6.27. The van der Waals surface area contributed by atoms with Gasteiger partial charge in [0.1, 0.15) is 4.90 Å². The summed E-state index contributed by atoms with van der Waals surface area (Å²) in [5, 5.41) is 10.5. The van der Waals surface area contributed by atoms with E-state index in [4.69, 9.17) is 17.3 Å². The second-order valence-corrected chi connectivity index (χ2v) is 7.17. The molecule has 1 atom stereocenters. The van der Waals surface area contributed by atoms with Gasteiger partial charge in [-0.05, 0) is 18.9 Å². The fourth-order valence-electron chi connectivity index (χ4n) is 2.34. The van der Waals surface area contributed by atoms with Gasteiger partial charge in [0.25, 0.3) is 5.69 Å². The molecule has 1 heterocycles. The highest BCUT2D eigenvalue weighted by molar-refractivity contribution is 7.89. The predicted molar refractivity (Wildman–Crippen MR) is 78.4 cm³/mol. The van der Waals surface area contributed by atoms with Crippen molar-refractivity contribution in [3.8, 4) is 0 Å². The monoisotopic (exact) mass is 333 g/mol. The summed E-state index contributed by atoms with van der Waals surface area (Å²) in [7, 11) is -3.85. The third-order valence-corrected chi connectivity index (χ3v) is 5.87. The van der Waals surface area contributed by atoms with Crippen molar-refractivity contribution in [2.75, 3.05) is 6.54 Å². The molecule has 0 aliphatic carbocycles. The van der Waals surface area contributed by atoms with Crippen LogP contribution in [-0.2, 0) is 10.0 Å². The number of halogens is 1. The summed E-state index contributed by atoms with van der Waals surface area (Å²) in [4.78, 5) is 9.91. The van der Waals surface area contributed by atoms with Crippen molar-refractivity contribution in [1.82, 2.24) is 4.31 Å². The first-order valence-corrected chi connectivity index (χ1v) is 8.37. The van der Waals surface area contributed by atoms with Crippen molar-refractivity contribution in [1.29, 1.82) is 0 Å². The van der Waals surface area contributed by atoms with E-state index >= 15 is 0 Å². The lowest BCUT2D eigenvalue weighted by Crippen LogP contribution is -2.45. The Morgan fingerprint density at radius 3 is 2.67 bits per heavy atom. The Morgan fingerprint density at radius 1 is 1.33 bits per heavy atom. The van der Waals surface area contributed by atoms with Gasteiger partial charge in [0.15, 0.2) is 0 Å². The van der Waals surface area contributed by atoms with Crippen LogP contribution in [-0.4, -0.2) is 30.4 Å². The molecule has 0 spiro atoms. The zero-order chi connectivity index (χ0) is 15.6. The van der Waals surface area contributed by atoms with Gasteiger partial charge in [0.2, 0.25) is 10.0 Å². The molecular weight excluding hydrogens is 318 g/mol. The zero-order valence-electron chi connectivity index (χ0n) is 11.2. The van der Waals surface area contributed by atoms with E-state index in [0.717, 1.165) is 37.5 Å². The van der Waals surface area contributed by atoms with Crippen molar-refractivity contribution >= 4 is 27.3 Å². The van der Waals surface area contributed by atoms with E-state index in [-0.39, 0.29) is 15.6 Å². The Balaban J connectivity index is 2.41. The molecule has 9 heteroatoms. The van der Waals surface area contributed by atoms with Crippen molar-refractivity contribution in [3.05, 3.63) is 33.3 Å². The molecule has 2 rings (SSSR count). The van der Waals surface area contributed by atoms with E-state index in [1.54, 1.807) is 0 Å². The fraction of sp³-hybridized carbons (Fsp3) is 0.500. The quantitative estimate of drug-likeness (QED) is 0.673.